The van der Waals surface area contributed by atoms with Gasteiger partial charge in [0, 0.05) is 39.0 Å². The molecule has 5 nitrogen and oxygen atoms in total. The van der Waals surface area contributed by atoms with Crippen LogP contribution in [0.1, 0.15) is 44.2 Å². The summed E-state index contributed by atoms with van der Waals surface area (Å²) in [5.74, 6) is 1.86. The van der Waals surface area contributed by atoms with Crippen molar-refractivity contribution in [2.45, 2.75) is 44.9 Å². The number of halogens is 1. The van der Waals surface area contributed by atoms with Gasteiger partial charge in [0.25, 0.3) is 0 Å². The van der Waals surface area contributed by atoms with Gasteiger partial charge < -0.3 is 15.0 Å². The second kappa shape index (κ2) is 10.6. The Morgan fingerprint density at radius 1 is 1.24 bits per heavy atom. The second-order valence-corrected chi connectivity index (χ2v) is 6.67. The fraction of sp³-hybridized carbons (Fsp3) is 0.579. The zero-order valence-corrected chi connectivity index (χ0v) is 17.4. The van der Waals surface area contributed by atoms with Crippen LogP contribution in [0.25, 0.3) is 5.65 Å². The Bertz CT molecular complexity index is 628. The summed E-state index contributed by atoms with van der Waals surface area (Å²) < 4.78 is 2.06. The predicted molar refractivity (Wildman–Crippen MR) is 115 cm³/mol. The van der Waals surface area contributed by atoms with Crippen molar-refractivity contribution in [3.05, 3.63) is 36.3 Å². The first-order valence-corrected chi connectivity index (χ1v) is 9.22. The third-order valence-electron chi connectivity index (χ3n) is 4.87. The molecule has 1 fully saturated rings. The lowest BCUT2D eigenvalue weighted by molar-refractivity contribution is 0.481. The summed E-state index contributed by atoms with van der Waals surface area (Å²) in [5.41, 5.74) is 2.10. The van der Waals surface area contributed by atoms with Crippen LogP contribution in [0.4, 0.5) is 0 Å². The molecule has 0 radical (unpaired) electrons. The molecule has 0 spiro atoms. The molecular formula is C19H30IN5. The van der Waals surface area contributed by atoms with E-state index in [1.807, 2.05) is 31.4 Å². The molecule has 25 heavy (non-hydrogen) atoms. The Labute approximate surface area is 167 Å². The molecule has 1 aliphatic rings. The van der Waals surface area contributed by atoms with Crippen molar-refractivity contribution in [1.82, 2.24) is 20.0 Å². The van der Waals surface area contributed by atoms with Crippen LogP contribution < -0.4 is 10.6 Å². The van der Waals surface area contributed by atoms with Crippen molar-refractivity contribution in [3.63, 3.8) is 0 Å². The highest BCUT2D eigenvalue weighted by molar-refractivity contribution is 14.0. The number of fused-ring (bicyclic) bond motifs is 1. The highest BCUT2D eigenvalue weighted by atomic mass is 127. The van der Waals surface area contributed by atoms with Gasteiger partial charge >= 0.3 is 0 Å². The highest BCUT2D eigenvalue weighted by Crippen LogP contribution is 2.28. The SMILES string of the molecule is CN=C(NCCCC1CCCC1)NCCc1cn2ccccc2n1.I. The number of nitrogens with zero attached hydrogens (tertiary/aromatic N) is 3. The number of hydrogen-bond acceptors (Lipinski definition) is 2. The third-order valence-corrected chi connectivity index (χ3v) is 4.87. The minimum absolute atomic E-state index is 0. The van der Waals surface area contributed by atoms with E-state index in [1.54, 1.807) is 0 Å². The molecule has 0 unspecified atom stereocenters. The van der Waals surface area contributed by atoms with Crippen molar-refractivity contribution >= 4 is 35.6 Å². The minimum Gasteiger partial charge on any atom is -0.356 e. The monoisotopic (exact) mass is 455 g/mol. The summed E-state index contributed by atoms with van der Waals surface area (Å²) in [6.45, 7) is 1.84. The fourth-order valence-corrected chi connectivity index (χ4v) is 3.53. The largest absolute Gasteiger partial charge is 0.356 e. The summed E-state index contributed by atoms with van der Waals surface area (Å²) in [7, 11) is 1.83. The summed E-state index contributed by atoms with van der Waals surface area (Å²) in [5, 5.41) is 6.80. The Hall–Kier alpha value is -1.31. The zero-order chi connectivity index (χ0) is 16.6. The third kappa shape index (κ3) is 6.17. The number of rotatable bonds is 7. The van der Waals surface area contributed by atoms with Crippen LogP contribution in [-0.4, -0.2) is 35.5 Å². The molecule has 3 rings (SSSR count). The van der Waals surface area contributed by atoms with E-state index in [2.05, 4.69) is 31.2 Å². The molecule has 1 saturated carbocycles. The molecule has 138 valence electrons. The molecule has 0 aliphatic heterocycles. The fourth-order valence-electron chi connectivity index (χ4n) is 3.53. The smallest absolute Gasteiger partial charge is 0.190 e. The number of imidazole rings is 1. The molecule has 0 aromatic carbocycles. The number of aromatic nitrogens is 2. The molecule has 0 atom stereocenters. The Morgan fingerprint density at radius 2 is 2.04 bits per heavy atom. The standard InChI is InChI=1S/C19H29N5.HI/c1-20-19(21-12-6-9-16-7-2-3-8-16)22-13-11-17-15-24-14-5-4-10-18(24)23-17;/h4-5,10,14-16H,2-3,6-9,11-13H2,1H3,(H2,20,21,22);1H. The van der Waals surface area contributed by atoms with Crippen LogP contribution in [0.15, 0.2) is 35.6 Å². The Kier molecular flexibility index (Phi) is 8.51. The maximum Gasteiger partial charge on any atom is 0.190 e. The average molecular weight is 455 g/mol. The highest BCUT2D eigenvalue weighted by Gasteiger charge is 2.13. The molecule has 2 aromatic rings. The van der Waals surface area contributed by atoms with Crippen molar-refractivity contribution in [1.29, 1.82) is 0 Å². The molecular weight excluding hydrogens is 425 g/mol. The van der Waals surface area contributed by atoms with Gasteiger partial charge in [0.2, 0.25) is 0 Å². The molecule has 0 saturated heterocycles. The van der Waals surface area contributed by atoms with Gasteiger partial charge in [-0.25, -0.2) is 4.98 Å². The van der Waals surface area contributed by atoms with E-state index in [-0.39, 0.29) is 24.0 Å². The van der Waals surface area contributed by atoms with Gasteiger partial charge in [-0.1, -0.05) is 31.7 Å². The van der Waals surface area contributed by atoms with Crippen LogP contribution in [0.5, 0.6) is 0 Å². The summed E-state index contributed by atoms with van der Waals surface area (Å²) in [6, 6.07) is 6.07. The van der Waals surface area contributed by atoms with Crippen molar-refractivity contribution in [3.8, 4) is 0 Å². The van der Waals surface area contributed by atoms with Gasteiger partial charge in [-0.3, -0.25) is 4.99 Å². The topological polar surface area (TPSA) is 53.7 Å². The minimum atomic E-state index is 0. The van der Waals surface area contributed by atoms with Crippen molar-refractivity contribution < 1.29 is 0 Å². The molecule has 2 aromatic heterocycles. The van der Waals surface area contributed by atoms with E-state index in [9.17, 15) is 0 Å². The van der Waals surface area contributed by atoms with E-state index < -0.39 is 0 Å². The first kappa shape index (κ1) is 20.0. The van der Waals surface area contributed by atoms with Gasteiger partial charge in [-0.2, -0.15) is 0 Å². The number of pyridine rings is 1. The van der Waals surface area contributed by atoms with Gasteiger partial charge in [-0.05, 0) is 30.9 Å². The quantitative estimate of drug-likeness (QED) is 0.290. The molecule has 1 aliphatic carbocycles. The van der Waals surface area contributed by atoms with Crippen LogP contribution in [0.3, 0.4) is 0 Å². The molecule has 2 heterocycles. The first-order chi connectivity index (χ1) is 11.8. The predicted octanol–water partition coefficient (Wildman–Crippen LogP) is 3.63. The number of hydrogen-bond donors (Lipinski definition) is 2. The summed E-state index contributed by atoms with van der Waals surface area (Å²) >= 11 is 0. The van der Waals surface area contributed by atoms with Gasteiger partial charge in [0.05, 0.1) is 5.69 Å². The van der Waals surface area contributed by atoms with E-state index in [1.165, 1.54) is 38.5 Å². The van der Waals surface area contributed by atoms with Gasteiger partial charge in [0.1, 0.15) is 5.65 Å². The summed E-state index contributed by atoms with van der Waals surface area (Å²) in [6.07, 6.45) is 13.3. The van der Waals surface area contributed by atoms with Crippen molar-refractivity contribution in [2.75, 3.05) is 20.1 Å². The number of guanidine groups is 1. The molecule has 6 heteroatoms. The van der Waals surface area contributed by atoms with E-state index in [0.29, 0.717) is 0 Å². The van der Waals surface area contributed by atoms with E-state index in [0.717, 1.165) is 42.7 Å². The van der Waals surface area contributed by atoms with Gasteiger partial charge in [0.15, 0.2) is 5.96 Å². The lowest BCUT2D eigenvalue weighted by Crippen LogP contribution is -2.38. The average Bonchev–Trinajstić information content (AvgIpc) is 3.25. The van der Waals surface area contributed by atoms with E-state index in [4.69, 9.17) is 0 Å². The Morgan fingerprint density at radius 3 is 2.80 bits per heavy atom. The lowest BCUT2D eigenvalue weighted by atomic mass is 10.0. The van der Waals surface area contributed by atoms with Crippen molar-refractivity contribution in [2.24, 2.45) is 10.9 Å². The maximum atomic E-state index is 4.62. The van der Waals surface area contributed by atoms with Crippen LogP contribution in [0, 0.1) is 5.92 Å². The summed E-state index contributed by atoms with van der Waals surface area (Å²) in [4.78, 5) is 8.92. The lowest BCUT2D eigenvalue weighted by Gasteiger charge is -2.13. The first-order valence-electron chi connectivity index (χ1n) is 9.22. The molecule has 2 N–H and O–H groups in total. The number of nitrogens with one attached hydrogen (secondary N) is 2. The zero-order valence-electron chi connectivity index (χ0n) is 15.1. The van der Waals surface area contributed by atoms with Gasteiger partial charge in [-0.15, -0.1) is 24.0 Å². The van der Waals surface area contributed by atoms with Crippen LogP contribution >= 0.6 is 24.0 Å². The normalized spacial score (nSPS) is 15.3. The Balaban J connectivity index is 0.00000225. The second-order valence-electron chi connectivity index (χ2n) is 6.67. The number of aliphatic imine (C=N–C) groups is 1. The molecule has 0 bridgehead atoms. The van der Waals surface area contributed by atoms with Crippen LogP contribution in [-0.2, 0) is 6.42 Å². The maximum absolute atomic E-state index is 4.62. The molecule has 0 amide bonds. The van der Waals surface area contributed by atoms with Crippen LogP contribution in [0.2, 0.25) is 0 Å². The van der Waals surface area contributed by atoms with E-state index >= 15 is 0 Å².